The number of hydrogen-bond acceptors (Lipinski definition) is 5. The van der Waals surface area contributed by atoms with E-state index in [2.05, 4.69) is 27.1 Å². The molecule has 0 aromatic carbocycles. The number of pyridine rings is 1. The lowest BCUT2D eigenvalue weighted by molar-refractivity contribution is -0.0277. The number of amides is 1. The van der Waals surface area contributed by atoms with Crippen molar-refractivity contribution in [2.24, 2.45) is 5.41 Å². The first kappa shape index (κ1) is 16.8. The van der Waals surface area contributed by atoms with Crippen molar-refractivity contribution in [1.29, 1.82) is 0 Å². The monoisotopic (exact) mass is 344 g/mol. The summed E-state index contributed by atoms with van der Waals surface area (Å²) in [4.78, 5) is 21.5. The first-order valence-electron chi connectivity index (χ1n) is 9.44. The molecule has 2 atom stereocenters. The number of likely N-dealkylation sites (N-methyl/N-ethyl adjacent to an activating group) is 1. The molecule has 4 rings (SSSR count). The molecule has 2 N–H and O–H groups in total. The van der Waals surface area contributed by atoms with Gasteiger partial charge in [0.05, 0.1) is 6.61 Å². The van der Waals surface area contributed by atoms with Crippen LogP contribution in [0.15, 0.2) is 18.3 Å². The fourth-order valence-corrected chi connectivity index (χ4v) is 4.45. The van der Waals surface area contributed by atoms with Crippen LogP contribution in [0.2, 0.25) is 0 Å². The fourth-order valence-electron chi connectivity index (χ4n) is 4.45. The zero-order valence-electron chi connectivity index (χ0n) is 14.9. The summed E-state index contributed by atoms with van der Waals surface area (Å²) in [6.45, 7) is 3.08. The number of nitrogens with one attached hydrogen (secondary N) is 1. The quantitative estimate of drug-likeness (QED) is 0.861. The molecule has 25 heavy (non-hydrogen) atoms. The predicted molar refractivity (Wildman–Crippen MR) is 96.7 cm³/mol. The Labute approximate surface area is 149 Å². The molecule has 6 nitrogen and oxygen atoms in total. The topological polar surface area (TPSA) is 68.7 Å². The second kappa shape index (κ2) is 6.57. The van der Waals surface area contributed by atoms with Gasteiger partial charge in [0.15, 0.2) is 0 Å². The third-order valence-electron chi connectivity index (χ3n) is 6.26. The number of piperidine rings is 2. The number of likely N-dealkylation sites (tertiary alicyclic amines) is 1. The Morgan fingerprint density at radius 2 is 2.24 bits per heavy atom. The lowest BCUT2D eigenvalue weighted by atomic mass is 9.69. The summed E-state index contributed by atoms with van der Waals surface area (Å²) in [6.07, 6.45) is 7.14. The molecule has 3 heterocycles. The number of nitrogens with zero attached hydrogens (tertiary/aromatic N) is 3. The summed E-state index contributed by atoms with van der Waals surface area (Å²) in [6, 6.07) is 4.40. The summed E-state index contributed by atoms with van der Waals surface area (Å²) < 4.78 is 0. The maximum atomic E-state index is 12.3. The molecule has 0 spiro atoms. The molecule has 1 aromatic rings. The van der Waals surface area contributed by atoms with E-state index >= 15 is 0 Å². The molecule has 1 aromatic heterocycles. The van der Waals surface area contributed by atoms with Gasteiger partial charge in [0.25, 0.3) is 5.91 Å². The number of aromatic nitrogens is 1. The molecule has 1 aliphatic carbocycles. The number of carbonyl (C=O) groups is 1. The smallest absolute Gasteiger partial charge is 0.251 e. The van der Waals surface area contributed by atoms with Crippen molar-refractivity contribution < 1.29 is 9.90 Å². The van der Waals surface area contributed by atoms with Crippen LogP contribution in [-0.4, -0.2) is 66.3 Å². The fraction of sp³-hybridized carbons (Fsp3) is 0.684. The number of rotatable bonds is 4. The standard InChI is InChI=1S/C19H28N4O2/c1-22-9-2-6-19(13-24)7-10-23(12-16(19)22)17-11-14(5-8-20-17)18(25)21-15-3-4-15/h5,8,11,15-16,24H,2-4,6-7,9-10,12-13H2,1H3,(H,21,25)/t16-,19-/m1/s1. The Hall–Kier alpha value is -1.66. The van der Waals surface area contributed by atoms with E-state index in [0.29, 0.717) is 17.6 Å². The van der Waals surface area contributed by atoms with Gasteiger partial charge in [-0.1, -0.05) is 0 Å². The number of fused-ring (bicyclic) bond motifs is 1. The number of hydrogen-bond donors (Lipinski definition) is 2. The lowest BCUT2D eigenvalue weighted by Crippen LogP contribution is -2.61. The normalized spacial score (nSPS) is 30.0. The zero-order valence-corrected chi connectivity index (χ0v) is 14.9. The van der Waals surface area contributed by atoms with Crippen LogP contribution in [0, 0.1) is 5.41 Å². The molecule has 136 valence electrons. The van der Waals surface area contributed by atoms with Crippen molar-refractivity contribution in [2.75, 3.05) is 38.2 Å². The molecular formula is C19H28N4O2. The summed E-state index contributed by atoms with van der Waals surface area (Å²) in [5.74, 6) is 0.872. The van der Waals surface area contributed by atoms with E-state index in [-0.39, 0.29) is 17.9 Å². The largest absolute Gasteiger partial charge is 0.396 e. The predicted octanol–water partition coefficient (Wildman–Crippen LogP) is 1.26. The van der Waals surface area contributed by atoms with E-state index in [1.54, 1.807) is 12.3 Å². The van der Waals surface area contributed by atoms with Gasteiger partial charge < -0.3 is 20.2 Å². The molecule has 2 saturated heterocycles. The first-order valence-corrected chi connectivity index (χ1v) is 9.44. The van der Waals surface area contributed by atoms with E-state index in [1.807, 2.05) is 6.07 Å². The molecule has 1 saturated carbocycles. The second-order valence-corrected chi connectivity index (χ2v) is 7.97. The molecule has 0 radical (unpaired) electrons. The molecule has 3 aliphatic rings. The Morgan fingerprint density at radius 3 is 3.00 bits per heavy atom. The maximum absolute atomic E-state index is 12.3. The van der Waals surface area contributed by atoms with E-state index in [9.17, 15) is 9.90 Å². The van der Waals surface area contributed by atoms with Crippen molar-refractivity contribution in [3.8, 4) is 0 Å². The van der Waals surface area contributed by atoms with Crippen molar-refractivity contribution in [2.45, 2.75) is 44.2 Å². The first-order chi connectivity index (χ1) is 12.1. The highest BCUT2D eigenvalue weighted by molar-refractivity contribution is 5.95. The summed E-state index contributed by atoms with van der Waals surface area (Å²) in [5.41, 5.74) is 0.706. The van der Waals surface area contributed by atoms with Crippen LogP contribution in [-0.2, 0) is 0 Å². The van der Waals surface area contributed by atoms with Gasteiger partial charge in [0, 0.05) is 42.3 Å². The minimum absolute atomic E-state index is 0.00245. The van der Waals surface area contributed by atoms with Gasteiger partial charge in [0.1, 0.15) is 5.82 Å². The second-order valence-electron chi connectivity index (χ2n) is 7.97. The molecule has 0 unspecified atom stereocenters. The molecule has 3 fully saturated rings. The van der Waals surface area contributed by atoms with Crippen molar-refractivity contribution in [3.05, 3.63) is 23.9 Å². The third kappa shape index (κ3) is 3.25. The van der Waals surface area contributed by atoms with E-state index in [1.165, 1.54) is 0 Å². The van der Waals surface area contributed by atoms with Gasteiger partial charge in [-0.2, -0.15) is 0 Å². The number of aliphatic hydroxyl groups is 1. The van der Waals surface area contributed by atoms with Crippen LogP contribution < -0.4 is 10.2 Å². The number of carbonyl (C=O) groups excluding carboxylic acids is 1. The molecule has 6 heteroatoms. The lowest BCUT2D eigenvalue weighted by Gasteiger charge is -2.53. The minimum atomic E-state index is 0.00245. The number of aliphatic hydroxyl groups excluding tert-OH is 1. The van der Waals surface area contributed by atoms with Gasteiger partial charge in [-0.05, 0) is 57.8 Å². The van der Waals surface area contributed by atoms with Crippen LogP contribution in [0.3, 0.4) is 0 Å². The van der Waals surface area contributed by atoms with E-state index in [4.69, 9.17) is 0 Å². The SMILES string of the molecule is CN1CCC[C@]2(CO)CCN(c3cc(C(=O)NC4CC4)ccn3)C[C@@H]12. The van der Waals surface area contributed by atoms with Crippen molar-refractivity contribution in [3.63, 3.8) is 0 Å². The Morgan fingerprint density at radius 1 is 1.40 bits per heavy atom. The number of anilines is 1. The van der Waals surface area contributed by atoms with Gasteiger partial charge in [-0.15, -0.1) is 0 Å². The minimum Gasteiger partial charge on any atom is -0.396 e. The third-order valence-corrected chi connectivity index (χ3v) is 6.26. The van der Waals surface area contributed by atoms with Crippen LogP contribution in [0.25, 0.3) is 0 Å². The van der Waals surface area contributed by atoms with Crippen LogP contribution >= 0.6 is 0 Å². The van der Waals surface area contributed by atoms with Gasteiger partial charge >= 0.3 is 0 Å². The highest BCUT2D eigenvalue weighted by atomic mass is 16.3. The van der Waals surface area contributed by atoms with Crippen molar-refractivity contribution >= 4 is 11.7 Å². The Kier molecular flexibility index (Phi) is 4.41. The highest BCUT2D eigenvalue weighted by Crippen LogP contribution is 2.42. The van der Waals surface area contributed by atoms with Crippen LogP contribution in [0.1, 0.15) is 42.5 Å². The molecule has 1 amide bonds. The average Bonchev–Trinajstić information content (AvgIpc) is 3.46. The van der Waals surface area contributed by atoms with Gasteiger partial charge in [0.2, 0.25) is 0 Å². The van der Waals surface area contributed by atoms with Crippen molar-refractivity contribution in [1.82, 2.24) is 15.2 Å². The summed E-state index contributed by atoms with van der Waals surface area (Å²) in [7, 11) is 2.16. The highest BCUT2D eigenvalue weighted by Gasteiger charge is 2.46. The summed E-state index contributed by atoms with van der Waals surface area (Å²) in [5, 5.41) is 13.1. The summed E-state index contributed by atoms with van der Waals surface area (Å²) >= 11 is 0. The van der Waals surface area contributed by atoms with E-state index < -0.39 is 0 Å². The average molecular weight is 344 g/mol. The maximum Gasteiger partial charge on any atom is 0.251 e. The zero-order chi connectivity index (χ0) is 17.4. The van der Waals surface area contributed by atoms with Crippen LogP contribution in [0.5, 0.6) is 0 Å². The van der Waals surface area contributed by atoms with E-state index in [0.717, 1.165) is 57.6 Å². The van der Waals surface area contributed by atoms with Gasteiger partial charge in [-0.3, -0.25) is 4.79 Å². The van der Waals surface area contributed by atoms with Crippen LogP contribution in [0.4, 0.5) is 5.82 Å². The van der Waals surface area contributed by atoms with Gasteiger partial charge in [-0.25, -0.2) is 4.98 Å². The molecule has 0 bridgehead atoms. The molecular weight excluding hydrogens is 316 g/mol. The molecule has 2 aliphatic heterocycles. The Balaban J connectivity index is 1.51. The Bertz CT molecular complexity index is 648.